The largest absolute Gasteiger partial charge is 0.508 e. The Hall–Kier alpha value is -2.79. The normalized spacial score (nSPS) is 10.6. The highest BCUT2D eigenvalue weighted by Crippen LogP contribution is 2.22. The quantitative estimate of drug-likeness (QED) is 0.390. The summed E-state index contributed by atoms with van der Waals surface area (Å²) in [5.41, 5.74) is 1.67. The molecule has 5 heteroatoms. The third-order valence-corrected chi connectivity index (χ3v) is 2.66. The van der Waals surface area contributed by atoms with Crippen molar-refractivity contribution in [2.24, 2.45) is 5.90 Å². The number of phenolic OH excluding ortho intramolecular Hbond substituents is 1. The van der Waals surface area contributed by atoms with Gasteiger partial charge in [-0.25, -0.2) is 0 Å². The molecule has 0 aliphatic carbocycles. The van der Waals surface area contributed by atoms with Crippen molar-refractivity contribution >= 4 is 18.1 Å². The number of esters is 1. The van der Waals surface area contributed by atoms with Crippen molar-refractivity contribution < 1.29 is 19.5 Å². The van der Waals surface area contributed by atoms with Gasteiger partial charge in [0, 0.05) is 13.0 Å². The number of rotatable bonds is 4. The van der Waals surface area contributed by atoms with Crippen LogP contribution in [-0.4, -0.2) is 11.1 Å². The van der Waals surface area contributed by atoms with Crippen LogP contribution in [0.15, 0.2) is 42.5 Å². The number of hydrogen-bond acceptors (Lipinski definition) is 5. The first-order chi connectivity index (χ1) is 10.1. The number of ether oxygens (including phenoxy) is 1. The molecule has 0 saturated heterocycles. The van der Waals surface area contributed by atoms with E-state index in [4.69, 9.17) is 10.6 Å². The summed E-state index contributed by atoms with van der Waals surface area (Å²) < 4.78 is 4.95. The second-order valence-corrected chi connectivity index (χ2v) is 4.37. The number of carbonyl (C=O) groups is 1. The van der Waals surface area contributed by atoms with Gasteiger partial charge in [0.25, 0.3) is 0 Å². The lowest BCUT2D eigenvalue weighted by molar-refractivity contribution is -0.131. The maximum Gasteiger partial charge on any atom is 0.308 e. The van der Waals surface area contributed by atoms with E-state index in [-0.39, 0.29) is 11.7 Å². The number of benzene rings is 2. The molecule has 2 aromatic carbocycles. The van der Waals surface area contributed by atoms with E-state index in [9.17, 15) is 9.90 Å². The highest BCUT2D eigenvalue weighted by atomic mass is 16.6. The zero-order valence-corrected chi connectivity index (χ0v) is 11.4. The van der Waals surface area contributed by atoms with Crippen molar-refractivity contribution in [3.05, 3.63) is 53.6 Å². The predicted molar refractivity (Wildman–Crippen MR) is 79.6 cm³/mol. The molecule has 0 unspecified atom stereocenters. The molecule has 0 saturated carbocycles. The van der Waals surface area contributed by atoms with E-state index in [2.05, 4.69) is 4.84 Å². The summed E-state index contributed by atoms with van der Waals surface area (Å²) in [5.74, 6) is 5.66. The summed E-state index contributed by atoms with van der Waals surface area (Å²) in [6.07, 6.45) is 3.66. The van der Waals surface area contributed by atoms with Crippen LogP contribution in [-0.2, 0) is 4.79 Å². The van der Waals surface area contributed by atoms with Gasteiger partial charge in [0.15, 0.2) is 5.75 Å². The molecule has 0 bridgehead atoms. The van der Waals surface area contributed by atoms with Crippen molar-refractivity contribution in [3.63, 3.8) is 0 Å². The first-order valence-electron chi connectivity index (χ1n) is 6.24. The standard InChI is InChI=1S/C16H15NO4/c1-11(18)20-15-6-4-12(5-7-15)2-3-13-8-14(19)10-16(9-13)21-17/h2-10,19H,17H2,1H3/b3-2+. The molecule has 2 aromatic rings. The molecule has 3 N–H and O–H groups in total. The Balaban J connectivity index is 2.13. The van der Waals surface area contributed by atoms with Gasteiger partial charge in [-0.3, -0.25) is 4.79 Å². The second kappa shape index (κ2) is 6.58. The topological polar surface area (TPSA) is 81.8 Å². The van der Waals surface area contributed by atoms with E-state index in [1.54, 1.807) is 24.3 Å². The molecule has 21 heavy (non-hydrogen) atoms. The molecule has 0 aliphatic rings. The lowest BCUT2D eigenvalue weighted by atomic mass is 10.1. The van der Waals surface area contributed by atoms with Crippen molar-refractivity contribution in [3.8, 4) is 17.2 Å². The van der Waals surface area contributed by atoms with Crippen LogP contribution in [0, 0.1) is 0 Å². The monoisotopic (exact) mass is 285 g/mol. The molecule has 0 aliphatic heterocycles. The molecule has 0 spiro atoms. The summed E-state index contributed by atoms with van der Waals surface area (Å²) in [6.45, 7) is 1.35. The molecular weight excluding hydrogens is 270 g/mol. The highest BCUT2D eigenvalue weighted by molar-refractivity contribution is 5.72. The van der Waals surface area contributed by atoms with E-state index < -0.39 is 0 Å². The molecular formula is C16H15NO4. The van der Waals surface area contributed by atoms with Crippen LogP contribution in [0.25, 0.3) is 12.2 Å². The summed E-state index contributed by atoms with van der Waals surface area (Å²) in [6, 6.07) is 11.8. The zero-order chi connectivity index (χ0) is 15.2. The Morgan fingerprint density at radius 1 is 1.05 bits per heavy atom. The molecule has 0 aromatic heterocycles. The van der Waals surface area contributed by atoms with Crippen LogP contribution in [0.4, 0.5) is 0 Å². The zero-order valence-electron chi connectivity index (χ0n) is 11.4. The van der Waals surface area contributed by atoms with Crippen LogP contribution in [0.2, 0.25) is 0 Å². The van der Waals surface area contributed by atoms with Crippen molar-refractivity contribution in [2.75, 3.05) is 0 Å². The first-order valence-corrected chi connectivity index (χ1v) is 6.24. The third-order valence-electron chi connectivity index (χ3n) is 2.66. The van der Waals surface area contributed by atoms with Gasteiger partial charge in [0.1, 0.15) is 11.5 Å². The smallest absolute Gasteiger partial charge is 0.308 e. The van der Waals surface area contributed by atoms with E-state index in [1.807, 2.05) is 24.3 Å². The summed E-state index contributed by atoms with van der Waals surface area (Å²) in [5, 5.41) is 9.52. The Morgan fingerprint density at radius 2 is 1.71 bits per heavy atom. The molecule has 5 nitrogen and oxygen atoms in total. The molecule has 0 fully saturated rings. The average molecular weight is 285 g/mol. The maximum atomic E-state index is 10.8. The van der Waals surface area contributed by atoms with Gasteiger partial charge in [0.2, 0.25) is 0 Å². The van der Waals surface area contributed by atoms with E-state index in [0.29, 0.717) is 11.5 Å². The van der Waals surface area contributed by atoms with Gasteiger partial charge in [-0.15, -0.1) is 0 Å². The first kappa shape index (κ1) is 14.6. The van der Waals surface area contributed by atoms with E-state index in [1.165, 1.54) is 13.0 Å². The van der Waals surface area contributed by atoms with Crippen LogP contribution in [0.1, 0.15) is 18.1 Å². The van der Waals surface area contributed by atoms with Gasteiger partial charge in [-0.05, 0) is 35.4 Å². The average Bonchev–Trinajstić information content (AvgIpc) is 2.45. The number of phenols is 1. The minimum atomic E-state index is -0.354. The van der Waals surface area contributed by atoms with Gasteiger partial charge in [-0.1, -0.05) is 24.3 Å². The highest BCUT2D eigenvalue weighted by Gasteiger charge is 1.99. The number of nitrogens with two attached hydrogens (primary N) is 1. The third kappa shape index (κ3) is 4.36. The van der Waals surface area contributed by atoms with Gasteiger partial charge in [0.05, 0.1) is 0 Å². The molecule has 108 valence electrons. The van der Waals surface area contributed by atoms with Gasteiger partial charge >= 0.3 is 5.97 Å². The van der Waals surface area contributed by atoms with E-state index in [0.717, 1.165) is 11.1 Å². The minimum Gasteiger partial charge on any atom is -0.508 e. The second-order valence-electron chi connectivity index (χ2n) is 4.37. The van der Waals surface area contributed by atoms with E-state index >= 15 is 0 Å². The fourth-order valence-electron chi connectivity index (χ4n) is 1.78. The van der Waals surface area contributed by atoms with Crippen molar-refractivity contribution in [1.82, 2.24) is 0 Å². The SMILES string of the molecule is CC(=O)Oc1ccc(/C=C/c2cc(O)cc(ON)c2)cc1. The summed E-state index contributed by atoms with van der Waals surface area (Å²) in [7, 11) is 0. The molecule has 0 radical (unpaired) electrons. The van der Waals surface area contributed by atoms with Crippen LogP contribution in [0.5, 0.6) is 17.2 Å². The molecule has 2 rings (SSSR count). The molecule has 0 heterocycles. The minimum absolute atomic E-state index is 0.0720. The maximum absolute atomic E-state index is 10.8. The Kier molecular flexibility index (Phi) is 4.58. The Morgan fingerprint density at radius 3 is 2.33 bits per heavy atom. The molecule has 0 atom stereocenters. The fourth-order valence-corrected chi connectivity index (χ4v) is 1.78. The van der Waals surface area contributed by atoms with Gasteiger partial charge < -0.3 is 14.7 Å². The Bertz CT molecular complexity index is 662. The number of aromatic hydroxyl groups is 1. The van der Waals surface area contributed by atoms with Crippen molar-refractivity contribution in [2.45, 2.75) is 6.92 Å². The van der Waals surface area contributed by atoms with Crippen LogP contribution >= 0.6 is 0 Å². The Labute approximate surface area is 122 Å². The van der Waals surface area contributed by atoms with Crippen LogP contribution < -0.4 is 15.5 Å². The summed E-state index contributed by atoms with van der Waals surface area (Å²) >= 11 is 0. The fraction of sp³-hybridized carbons (Fsp3) is 0.0625. The number of carbonyl (C=O) groups excluding carboxylic acids is 1. The molecule has 0 amide bonds. The van der Waals surface area contributed by atoms with Crippen molar-refractivity contribution in [1.29, 1.82) is 0 Å². The van der Waals surface area contributed by atoms with Gasteiger partial charge in [-0.2, -0.15) is 5.90 Å². The lowest BCUT2D eigenvalue weighted by Gasteiger charge is -2.02. The number of hydrogen-bond donors (Lipinski definition) is 2. The summed E-state index contributed by atoms with van der Waals surface area (Å²) in [4.78, 5) is 15.4. The lowest BCUT2D eigenvalue weighted by Crippen LogP contribution is -2.01. The van der Waals surface area contributed by atoms with Crippen LogP contribution in [0.3, 0.4) is 0 Å². The predicted octanol–water partition coefficient (Wildman–Crippen LogP) is 2.74.